The molecule has 0 aromatic heterocycles. The Morgan fingerprint density at radius 2 is 1.63 bits per heavy atom. The van der Waals surface area contributed by atoms with Gasteiger partial charge in [-0.25, -0.2) is 0 Å². The number of aryl methyl sites for hydroxylation is 2. The summed E-state index contributed by atoms with van der Waals surface area (Å²) in [5.74, 6) is 0.761. The van der Waals surface area contributed by atoms with E-state index in [4.69, 9.17) is 10.5 Å². The first-order chi connectivity index (χ1) is 9.31. The lowest BCUT2D eigenvalue weighted by atomic mass is 9.73. The largest absolute Gasteiger partial charge is 0.192 e. The van der Waals surface area contributed by atoms with Crippen LogP contribution in [0.4, 0.5) is 0 Å². The first kappa shape index (κ1) is 12.0. The predicted molar refractivity (Wildman–Crippen MR) is 74.3 cm³/mol. The first-order valence-corrected chi connectivity index (χ1v) is 6.99. The SMILES string of the molecule is N#CC(C#N)=Cc1cc2c3c(c1)CCCC3CCC2. The Morgan fingerprint density at radius 1 is 1.05 bits per heavy atom. The van der Waals surface area contributed by atoms with Gasteiger partial charge in [0.15, 0.2) is 0 Å². The van der Waals surface area contributed by atoms with Gasteiger partial charge in [-0.05, 0) is 72.8 Å². The van der Waals surface area contributed by atoms with E-state index in [1.807, 2.05) is 12.1 Å². The van der Waals surface area contributed by atoms with Crippen LogP contribution in [-0.2, 0) is 12.8 Å². The van der Waals surface area contributed by atoms with Crippen LogP contribution in [0.2, 0.25) is 0 Å². The summed E-state index contributed by atoms with van der Waals surface area (Å²) in [5.41, 5.74) is 5.71. The van der Waals surface area contributed by atoms with Crippen molar-refractivity contribution in [1.82, 2.24) is 0 Å². The van der Waals surface area contributed by atoms with Gasteiger partial charge in [-0.1, -0.05) is 12.1 Å². The molecule has 1 aromatic carbocycles. The van der Waals surface area contributed by atoms with Gasteiger partial charge in [0.25, 0.3) is 0 Å². The average Bonchev–Trinajstić information content (AvgIpc) is 2.45. The Hall–Kier alpha value is -2.06. The Bertz CT molecular complexity index is 579. The van der Waals surface area contributed by atoms with Crippen LogP contribution in [0.3, 0.4) is 0 Å². The van der Waals surface area contributed by atoms with Crippen LogP contribution in [0, 0.1) is 22.7 Å². The monoisotopic (exact) mass is 248 g/mol. The molecule has 1 aromatic rings. The Morgan fingerprint density at radius 3 is 2.16 bits per heavy atom. The molecule has 0 N–H and O–H groups in total. The summed E-state index contributed by atoms with van der Waals surface area (Å²) in [6, 6.07) is 8.25. The maximum atomic E-state index is 8.86. The fraction of sp³-hybridized carbons (Fsp3) is 0.412. The van der Waals surface area contributed by atoms with Crippen molar-refractivity contribution in [2.45, 2.75) is 44.4 Å². The van der Waals surface area contributed by atoms with Gasteiger partial charge in [0.1, 0.15) is 17.7 Å². The highest BCUT2D eigenvalue weighted by Crippen LogP contribution is 2.41. The fourth-order valence-corrected chi connectivity index (χ4v) is 3.59. The Balaban J connectivity index is 2.09. The molecule has 19 heavy (non-hydrogen) atoms. The van der Waals surface area contributed by atoms with Gasteiger partial charge in [0.2, 0.25) is 0 Å². The smallest absolute Gasteiger partial charge is 0.130 e. The van der Waals surface area contributed by atoms with E-state index in [1.165, 1.54) is 36.8 Å². The summed E-state index contributed by atoms with van der Waals surface area (Å²) < 4.78 is 0. The van der Waals surface area contributed by atoms with Crippen molar-refractivity contribution in [3.8, 4) is 12.1 Å². The van der Waals surface area contributed by atoms with Crippen molar-refractivity contribution in [3.05, 3.63) is 40.0 Å². The average molecular weight is 248 g/mol. The second-order valence-electron chi connectivity index (χ2n) is 5.52. The molecule has 94 valence electrons. The van der Waals surface area contributed by atoms with Crippen molar-refractivity contribution in [2.24, 2.45) is 0 Å². The molecule has 2 nitrogen and oxygen atoms in total. The highest BCUT2D eigenvalue weighted by molar-refractivity contribution is 5.64. The minimum atomic E-state index is 0.190. The molecule has 0 aliphatic heterocycles. The maximum Gasteiger partial charge on any atom is 0.130 e. The van der Waals surface area contributed by atoms with E-state index < -0.39 is 0 Å². The third-order valence-electron chi connectivity index (χ3n) is 4.33. The number of rotatable bonds is 1. The number of hydrogen-bond acceptors (Lipinski definition) is 2. The van der Waals surface area contributed by atoms with Crippen LogP contribution in [0.25, 0.3) is 6.08 Å². The van der Waals surface area contributed by atoms with Gasteiger partial charge in [0, 0.05) is 0 Å². The second kappa shape index (κ2) is 4.90. The normalized spacial score (nSPS) is 16.9. The van der Waals surface area contributed by atoms with Crippen LogP contribution in [0.1, 0.15) is 53.9 Å². The van der Waals surface area contributed by atoms with Crippen LogP contribution < -0.4 is 0 Å². The highest BCUT2D eigenvalue weighted by Gasteiger charge is 2.26. The molecular formula is C17H16N2. The third kappa shape index (κ3) is 2.15. The second-order valence-corrected chi connectivity index (χ2v) is 5.52. The molecule has 0 amide bonds. The molecule has 2 aliphatic rings. The first-order valence-electron chi connectivity index (χ1n) is 6.99. The van der Waals surface area contributed by atoms with Crippen LogP contribution in [-0.4, -0.2) is 0 Å². The van der Waals surface area contributed by atoms with Crippen molar-refractivity contribution in [1.29, 1.82) is 10.5 Å². The van der Waals surface area contributed by atoms with Gasteiger partial charge in [-0.2, -0.15) is 10.5 Å². The van der Waals surface area contributed by atoms with E-state index in [1.54, 1.807) is 11.6 Å². The summed E-state index contributed by atoms with van der Waals surface area (Å²) in [6.07, 6.45) is 9.22. The summed E-state index contributed by atoms with van der Waals surface area (Å²) in [4.78, 5) is 0. The van der Waals surface area contributed by atoms with Crippen LogP contribution in [0.15, 0.2) is 17.7 Å². The van der Waals surface area contributed by atoms with Gasteiger partial charge in [0.05, 0.1) is 0 Å². The number of nitrogens with zero attached hydrogens (tertiary/aromatic N) is 2. The van der Waals surface area contributed by atoms with Gasteiger partial charge >= 0.3 is 0 Å². The van der Waals surface area contributed by atoms with E-state index in [9.17, 15) is 0 Å². The summed E-state index contributed by atoms with van der Waals surface area (Å²) in [5, 5.41) is 17.7. The van der Waals surface area contributed by atoms with Crippen molar-refractivity contribution in [2.75, 3.05) is 0 Å². The Labute approximate surface area is 114 Å². The van der Waals surface area contributed by atoms with Crippen molar-refractivity contribution < 1.29 is 0 Å². The van der Waals surface area contributed by atoms with Crippen LogP contribution in [0.5, 0.6) is 0 Å². The summed E-state index contributed by atoms with van der Waals surface area (Å²) in [6.45, 7) is 0. The molecule has 2 heteroatoms. The topological polar surface area (TPSA) is 47.6 Å². The lowest BCUT2D eigenvalue weighted by Gasteiger charge is -2.32. The zero-order chi connectivity index (χ0) is 13.2. The molecule has 0 saturated carbocycles. The van der Waals surface area contributed by atoms with Crippen LogP contribution >= 0.6 is 0 Å². The molecule has 3 rings (SSSR count). The van der Waals surface area contributed by atoms with E-state index in [0.29, 0.717) is 0 Å². The Kier molecular flexibility index (Phi) is 3.10. The van der Waals surface area contributed by atoms with E-state index in [0.717, 1.165) is 24.3 Å². The molecule has 0 radical (unpaired) electrons. The minimum Gasteiger partial charge on any atom is -0.192 e. The lowest BCUT2D eigenvalue weighted by molar-refractivity contribution is 0.476. The molecule has 0 atom stereocenters. The zero-order valence-electron chi connectivity index (χ0n) is 10.9. The molecule has 2 aliphatic carbocycles. The highest BCUT2D eigenvalue weighted by atomic mass is 14.3. The molecule has 0 saturated heterocycles. The third-order valence-corrected chi connectivity index (χ3v) is 4.33. The summed E-state index contributed by atoms with van der Waals surface area (Å²) >= 11 is 0. The summed E-state index contributed by atoms with van der Waals surface area (Å²) in [7, 11) is 0. The maximum absolute atomic E-state index is 8.86. The van der Waals surface area contributed by atoms with Gasteiger partial charge in [-0.3, -0.25) is 0 Å². The number of allylic oxidation sites excluding steroid dienone is 1. The number of benzene rings is 1. The molecule has 0 spiro atoms. The fourth-order valence-electron chi connectivity index (χ4n) is 3.59. The zero-order valence-corrected chi connectivity index (χ0v) is 10.9. The predicted octanol–water partition coefficient (Wildman–Crippen LogP) is 3.87. The molecule has 0 unspecified atom stereocenters. The number of hydrogen-bond donors (Lipinski definition) is 0. The van der Waals surface area contributed by atoms with Crippen molar-refractivity contribution >= 4 is 6.08 Å². The standard InChI is InChI=1S/C17H16N2/c18-10-13(11-19)7-12-8-15-5-1-3-14-4-2-6-16(9-12)17(14)15/h7-9,14H,1-6H2. The lowest BCUT2D eigenvalue weighted by Crippen LogP contribution is -2.17. The van der Waals surface area contributed by atoms with Gasteiger partial charge < -0.3 is 0 Å². The quantitative estimate of drug-likeness (QED) is 0.708. The number of nitriles is 2. The van der Waals surface area contributed by atoms with E-state index in [2.05, 4.69) is 12.1 Å². The van der Waals surface area contributed by atoms with Gasteiger partial charge in [-0.15, -0.1) is 0 Å². The molecular weight excluding hydrogens is 232 g/mol. The molecule has 0 fully saturated rings. The van der Waals surface area contributed by atoms with Crippen molar-refractivity contribution in [3.63, 3.8) is 0 Å². The molecule has 0 heterocycles. The minimum absolute atomic E-state index is 0.190. The van der Waals surface area contributed by atoms with E-state index in [-0.39, 0.29) is 5.57 Å². The molecule has 0 bridgehead atoms. The van der Waals surface area contributed by atoms with E-state index >= 15 is 0 Å².